The zero-order valence-corrected chi connectivity index (χ0v) is 12.9. The van der Waals surface area contributed by atoms with Gasteiger partial charge in [-0.1, -0.05) is 0 Å². The van der Waals surface area contributed by atoms with Crippen LogP contribution >= 0.6 is 0 Å². The van der Waals surface area contributed by atoms with Gasteiger partial charge in [0, 0.05) is 24.0 Å². The maximum absolute atomic E-state index is 14.2. The topological polar surface area (TPSA) is 63.6 Å². The van der Waals surface area contributed by atoms with Gasteiger partial charge in [0.2, 0.25) is 9.84 Å². The molecule has 2 aliphatic rings. The van der Waals surface area contributed by atoms with Crippen LogP contribution in [0, 0.1) is 0 Å². The van der Waals surface area contributed by atoms with E-state index in [2.05, 4.69) is 0 Å². The molecule has 2 unspecified atom stereocenters. The average Bonchev–Trinajstić information content (AvgIpc) is 2.71. The summed E-state index contributed by atoms with van der Waals surface area (Å²) in [5.74, 6) is -3.22. The van der Waals surface area contributed by atoms with Crippen molar-refractivity contribution in [3.05, 3.63) is 23.3 Å². The van der Waals surface area contributed by atoms with Gasteiger partial charge in [0.1, 0.15) is 18.0 Å². The molecule has 3 rings (SSSR count). The lowest BCUT2D eigenvalue weighted by molar-refractivity contribution is -0.134. The molecule has 24 heavy (non-hydrogen) atoms. The van der Waals surface area contributed by atoms with Crippen LogP contribution in [0.5, 0.6) is 5.75 Å². The predicted molar refractivity (Wildman–Crippen MR) is 71.9 cm³/mol. The first-order valence-corrected chi connectivity index (χ1v) is 8.69. The highest BCUT2D eigenvalue weighted by Gasteiger charge is 2.49. The summed E-state index contributed by atoms with van der Waals surface area (Å²) < 4.78 is 95.1. The molecule has 2 aliphatic carbocycles. The Kier molecular flexibility index (Phi) is 4.03. The fourth-order valence-corrected chi connectivity index (χ4v) is 3.93. The van der Waals surface area contributed by atoms with Gasteiger partial charge in [-0.25, -0.2) is 30.4 Å². The summed E-state index contributed by atoms with van der Waals surface area (Å²) in [6.07, 6.45) is -9.12. The molecule has 0 amide bonds. The lowest BCUT2D eigenvalue weighted by atomic mass is 9.91. The summed E-state index contributed by atoms with van der Waals surface area (Å²) in [7, 11) is -4.49. The van der Waals surface area contributed by atoms with Crippen molar-refractivity contribution in [3.63, 3.8) is 0 Å². The zero-order valence-electron chi connectivity index (χ0n) is 12.1. The number of halogens is 5. The van der Waals surface area contributed by atoms with Crippen molar-refractivity contribution in [2.24, 2.45) is 0 Å². The van der Waals surface area contributed by atoms with Gasteiger partial charge in [0.15, 0.2) is 18.3 Å². The van der Waals surface area contributed by atoms with E-state index in [1.54, 1.807) is 0 Å². The number of benzene rings is 1. The summed E-state index contributed by atoms with van der Waals surface area (Å²) in [5, 5.41) is 9.80. The van der Waals surface area contributed by atoms with E-state index in [4.69, 9.17) is 4.74 Å². The van der Waals surface area contributed by atoms with Crippen LogP contribution < -0.4 is 4.74 Å². The zero-order chi connectivity index (χ0) is 17.9. The number of alkyl halides is 5. The summed E-state index contributed by atoms with van der Waals surface area (Å²) in [6.45, 7) is 0. The first kappa shape index (κ1) is 17.4. The second-order valence-corrected chi connectivity index (χ2v) is 7.80. The van der Waals surface area contributed by atoms with Crippen LogP contribution in [0.1, 0.15) is 36.2 Å². The Morgan fingerprint density at radius 1 is 1.21 bits per heavy atom. The van der Waals surface area contributed by atoms with E-state index < -0.39 is 75.2 Å². The summed E-state index contributed by atoms with van der Waals surface area (Å²) in [6, 6.07) is 0.0121. The van der Waals surface area contributed by atoms with Gasteiger partial charge >= 0.3 is 0 Å². The van der Waals surface area contributed by atoms with Crippen molar-refractivity contribution in [2.45, 2.75) is 48.2 Å². The number of hydrogen-bond acceptors (Lipinski definition) is 4. The molecule has 0 aromatic heterocycles. The molecule has 0 radical (unpaired) electrons. The molecule has 0 aliphatic heterocycles. The van der Waals surface area contributed by atoms with E-state index in [1.165, 1.54) is 0 Å². The number of aliphatic hydroxyl groups excluding tert-OH is 1. The third kappa shape index (κ3) is 2.65. The van der Waals surface area contributed by atoms with Crippen LogP contribution in [0.15, 0.2) is 17.0 Å². The highest BCUT2D eigenvalue weighted by molar-refractivity contribution is 7.91. The fourth-order valence-electron chi connectivity index (χ4n) is 2.97. The molecule has 1 N–H and O–H groups in total. The predicted octanol–water partition coefficient (Wildman–Crippen LogP) is 2.96. The highest BCUT2D eigenvalue weighted by atomic mass is 32.2. The van der Waals surface area contributed by atoms with Crippen molar-refractivity contribution >= 4 is 9.84 Å². The Hall–Kier alpha value is -1.42. The number of ether oxygens (including phenoxy) is 1. The fraction of sp³-hybridized carbons (Fsp3) is 0.571. The Bertz CT molecular complexity index is 759. The van der Waals surface area contributed by atoms with Gasteiger partial charge in [0.25, 0.3) is 5.92 Å². The number of aliphatic hydroxyl groups is 1. The SMILES string of the molecule is O=S(=O)(CF)c1ccc(OC2CC(F)(F)C2)c2c1C(O)[C@H](F)C2F. The van der Waals surface area contributed by atoms with Crippen molar-refractivity contribution in [3.8, 4) is 5.75 Å². The lowest BCUT2D eigenvalue weighted by Gasteiger charge is -2.35. The van der Waals surface area contributed by atoms with Crippen molar-refractivity contribution < 1.29 is 40.2 Å². The highest BCUT2D eigenvalue weighted by Crippen LogP contribution is 2.51. The maximum Gasteiger partial charge on any atom is 0.255 e. The summed E-state index contributed by atoms with van der Waals surface area (Å²) in [5.41, 5.74) is -1.18. The normalized spacial score (nSPS) is 29.2. The maximum atomic E-state index is 14.2. The molecule has 0 spiro atoms. The molecule has 134 valence electrons. The number of sulfone groups is 1. The van der Waals surface area contributed by atoms with Gasteiger partial charge in [-0.05, 0) is 12.1 Å². The molecular weight excluding hydrogens is 359 g/mol. The third-order valence-corrected chi connectivity index (χ3v) is 5.50. The Morgan fingerprint density at radius 3 is 2.38 bits per heavy atom. The molecule has 1 aromatic rings. The monoisotopic (exact) mass is 372 g/mol. The van der Waals surface area contributed by atoms with Gasteiger partial charge in [0.05, 0.1) is 4.90 Å². The van der Waals surface area contributed by atoms with Gasteiger partial charge in [-0.2, -0.15) is 0 Å². The van der Waals surface area contributed by atoms with E-state index in [0.29, 0.717) is 0 Å². The van der Waals surface area contributed by atoms with Crippen LogP contribution in [0.25, 0.3) is 0 Å². The van der Waals surface area contributed by atoms with Crippen LogP contribution in [-0.4, -0.2) is 37.7 Å². The third-order valence-electron chi connectivity index (χ3n) is 4.18. The van der Waals surface area contributed by atoms with E-state index >= 15 is 0 Å². The molecule has 0 bridgehead atoms. The molecule has 0 heterocycles. The first-order valence-electron chi connectivity index (χ1n) is 7.03. The first-order chi connectivity index (χ1) is 11.1. The van der Waals surface area contributed by atoms with Crippen LogP contribution in [0.3, 0.4) is 0 Å². The minimum absolute atomic E-state index is 0.324. The largest absolute Gasteiger partial charge is 0.490 e. The molecule has 4 nitrogen and oxygen atoms in total. The smallest absolute Gasteiger partial charge is 0.255 e. The van der Waals surface area contributed by atoms with Gasteiger partial charge in [-0.3, -0.25) is 0 Å². The molecule has 1 aromatic carbocycles. The van der Waals surface area contributed by atoms with Crippen molar-refractivity contribution in [1.29, 1.82) is 0 Å². The lowest BCUT2D eigenvalue weighted by Crippen LogP contribution is -2.43. The van der Waals surface area contributed by atoms with Crippen molar-refractivity contribution in [2.75, 3.05) is 6.01 Å². The minimum atomic E-state index is -4.49. The van der Waals surface area contributed by atoms with Gasteiger partial charge in [-0.15, -0.1) is 0 Å². The number of hydrogen-bond donors (Lipinski definition) is 1. The van der Waals surface area contributed by atoms with Crippen LogP contribution in [-0.2, 0) is 9.84 Å². The Morgan fingerprint density at radius 2 is 1.83 bits per heavy atom. The van der Waals surface area contributed by atoms with Crippen molar-refractivity contribution in [1.82, 2.24) is 0 Å². The number of fused-ring (bicyclic) bond motifs is 1. The Balaban J connectivity index is 2.05. The van der Waals surface area contributed by atoms with E-state index in [0.717, 1.165) is 12.1 Å². The van der Waals surface area contributed by atoms with E-state index in [9.17, 15) is 35.5 Å². The Labute approximate surface area is 134 Å². The quantitative estimate of drug-likeness (QED) is 0.826. The van der Waals surface area contributed by atoms with Crippen LogP contribution in [0.2, 0.25) is 0 Å². The molecule has 1 fully saturated rings. The molecule has 3 atom stereocenters. The molecular formula is C14H13F5O4S. The van der Waals surface area contributed by atoms with E-state index in [-0.39, 0.29) is 5.75 Å². The molecule has 0 saturated heterocycles. The standard InChI is InChI=1S/C14H13F5O4S/c15-5-24(21,22)8-2-1-7(23-6-3-14(18,19)4-6)9-10(8)13(20)12(17)11(9)16/h1-2,6,11-13,20H,3-5H2/t11?,12-,13?/m1/s1. The average molecular weight is 372 g/mol. The van der Waals surface area contributed by atoms with Gasteiger partial charge < -0.3 is 9.84 Å². The second kappa shape index (κ2) is 5.55. The summed E-state index contributed by atoms with van der Waals surface area (Å²) >= 11 is 0. The second-order valence-electron chi connectivity index (χ2n) is 5.91. The molecule has 1 saturated carbocycles. The van der Waals surface area contributed by atoms with E-state index in [1.807, 2.05) is 0 Å². The number of rotatable bonds is 4. The summed E-state index contributed by atoms with van der Waals surface area (Å²) in [4.78, 5) is -0.735. The minimum Gasteiger partial charge on any atom is -0.490 e. The van der Waals surface area contributed by atoms with Crippen LogP contribution in [0.4, 0.5) is 22.0 Å². The molecule has 10 heteroatoms.